The lowest BCUT2D eigenvalue weighted by molar-refractivity contribution is 0.138. The zero-order valence-electron chi connectivity index (χ0n) is 10.2. The minimum absolute atomic E-state index is 0. The van der Waals surface area contributed by atoms with E-state index in [-0.39, 0.29) is 18.5 Å². The molecule has 4 nitrogen and oxygen atoms in total. The van der Waals surface area contributed by atoms with E-state index in [1.807, 2.05) is 30.3 Å². The van der Waals surface area contributed by atoms with Crippen LogP contribution in [0.2, 0.25) is 0 Å². The van der Waals surface area contributed by atoms with Crippen LogP contribution in [-0.4, -0.2) is 25.7 Å². The number of hydrogen-bond donors (Lipinski definition) is 2. The SMILES string of the molecule is Cl.O=C(NCC1CCNC1)OCc1ccccc1. The lowest BCUT2D eigenvalue weighted by atomic mass is 10.1. The number of nitrogens with one attached hydrogen (secondary N) is 2. The van der Waals surface area contributed by atoms with Gasteiger partial charge in [-0.25, -0.2) is 4.79 Å². The van der Waals surface area contributed by atoms with Gasteiger partial charge in [-0.3, -0.25) is 0 Å². The minimum Gasteiger partial charge on any atom is -0.445 e. The molecular formula is C13H19ClN2O2. The molecule has 1 amide bonds. The molecule has 0 spiro atoms. The summed E-state index contributed by atoms with van der Waals surface area (Å²) >= 11 is 0. The Bertz CT molecular complexity index is 353. The van der Waals surface area contributed by atoms with Crippen molar-refractivity contribution in [3.63, 3.8) is 0 Å². The van der Waals surface area contributed by atoms with Crippen LogP contribution in [0.15, 0.2) is 30.3 Å². The van der Waals surface area contributed by atoms with E-state index in [4.69, 9.17) is 4.74 Å². The van der Waals surface area contributed by atoms with E-state index in [1.54, 1.807) is 0 Å². The number of halogens is 1. The predicted octanol–water partition coefficient (Wildman–Crippen LogP) is 1.94. The van der Waals surface area contributed by atoms with Gasteiger partial charge in [-0.15, -0.1) is 12.4 Å². The highest BCUT2D eigenvalue weighted by atomic mass is 35.5. The largest absolute Gasteiger partial charge is 0.445 e. The number of benzene rings is 1. The van der Waals surface area contributed by atoms with Crippen LogP contribution in [0.25, 0.3) is 0 Å². The molecule has 0 radical (unpaired) electrons. The number of carbonyl (C=O) groups is 1. The van der Waals surface area contributed by atoms with Crippen molar-refractivity contribution in [3.05, 3.63) is 35.9 Å². The van der Waals surface area contributed by atoms with Crippen LogP contribution in [0.4, 0.5) is 4.79 Å². The van der Waals surface area contributed by atoms with Gasteiger partial charge in [-0.1, -0.05) is 30.3 Å². The highest BCUT2D eigenvalue weighted by Crippen LogP contribution is 2.05. The van der Waals surface area contributed by atoms with Gasteiger partial charge in [0.15, 0.2) is 0 Å². The standard InChI is InChI=1S/C13H18N2O2.ClH/c16-13(15-9-12-6-7-14-8-12)17-10-11-4-2-1-3-5-11;/h1-5,12,14H,6-10H2,(H,15,16);1H. The van der Waals surface area contributed by atoms with Crippen molar-refractivity contribution in [2.24, 2.45) is 5.92 Å². The molecule has 1 aliphatic heterocycles. The highest BCUT2D eigenvalue weighted by Gasteiger charge is 2.15. The third-order valence-corrected chi connectivity index (χ3v) is 2.91. The summed E-state index contributed by atoms with van der Waals surface area (Å²) in [5.41, 5.74) is 1.00. The third kappa shape index (κ3) is 4.94. The molecule has 100 valence electrons. The Morgan fingerprint density at radius 1 is 1.39 bits per heavy atom. The molecule has 1 aromatic rings. The van der Waals surface area contributed by atoms with Crippen LogP contribution >= 0.6 is 12.4 Å². The Morgan fingerprint density at radius 3 is 2.83 bits per heavy atom. The van der Waals surface area contributed by atoms with Crippen LogP contribution in [0, 0.1) is 5.92 Å². The first-order valence-corrected chi connectivity index (χ1v) is 6.00. The number of ether oxygens (including phenoxy) is 1. The molecule has 1 saturated heterocycles. The Labute approximate surface area is 114 Å². The maximum absolute atomic E-state index is 11.4. The second-order valence-corrected chi connectivity index (χ2v) is 4.30. The van der Waals surface area contributed by atoms with Gasteiger partial charge in [0, 0.05) is 6.54 Å². The van der Waals surface area contributed by atoms with E-state index in [0.29, 0.717) is 19.1 Å². The van der Waals surface area contributed by atoms with E-state index in [1.165, 1.54) is 0 Å². The van der Waals surface area contributed by atoms with E-state index in [0.717, 1.165) is 25.1 Å². The fourth-order valence-corrected chi connectivity index (χ4v) is 1.89. The summed E-state index contributed by atoms with van der Waals surface area (Å²) in [6.45, 7) is 3.06. The molecule has 5 heteroatoms. The molecule has 0 aromatic heterocycles. The minimum atomic E-state index is -0.333. The van der Waals surface area contributed by atoms with Gasteiger partial charge in [0.1, 0.15) is 6.61 Å². The van der Waals surface area contributed by atoms with Crippen molar-refractivity contribution >= 4 is 18.5 Å². The Balaban J connectivity index is 0.00000162. The van der Waals surface area contributed by atoms with Gasteiger partial charge >= 0.3 is 6.09 Å². The lowest BCUT2D eigenvalue weighted by Gasteiger charge is -2.10. The third-order valence-electron chi connectivity index (χ3n) is 2.91. The number of hydrogen-bond acceptors (Lipinski definition) is 3. The van der Waals surface area contributed by atoms with Crippen molar-refractivity contribution in [1.29, 1.82) is 0 Å². The number of rotatable bonds is 4. The molecule has 1 aliphatic rings. The molecular weight excluding hydrogens is 252 g/mol. The molecule has 0 saturated carbocycles. The van der Waals surface area contributed by atoms with Gasteiger partial charge in [0.05, 0.1) is 0 Å². The Morgan fingerprint density at radius 2 is 2.17 bits per heavy atom. The van der Waals surface area contributed by atoms with Crippen molar-refractivity contribution in [1.82, 2.24) is 10.6 Å². The van der Waals surface area contributed by atoms with Gasteiger partial charge in [-0.05, 0) is 31.0 Å². The topological polar surface area (TPSA) is 50.4 Å². The molecule has 1 atom stereocenters. The van der Waals surface area contributed by atoms with Gasteiger partial charge in [-0.2, -0.15) is 0 Å². The molecule has 1 heterocycles. The second kappa shape index (κ2) is 7.95. The zero-order valence-corrected chi connectivity index (χ0v) is 11.0. The van der Waals surface area contributed by atoms with E-state index in [9.17, 15) is 4.79 Å². The van der Waals surface area contributed by atoms with Crippen LogP contribution in [0.5, 0.6) is 0 Å². The van der Waals surface area contributed by atoms with Gasteiger partial charge in [0.25, 0.3) is 0 Å². The number of carbonyl (C=O) groups excluding carboxylic acids is 1. The fraction of sp³-hybridized carbons (Fsp3) is 0.462. The smallest absolute Gasteiger partial charge is 0.407 e. The Kier molecular flexibility index (Phi) is 6.54. The molecule has 2 rings (SSSR count). The predicted molar refractivity (Wildman–Crippen MR) is 72.9 cm³/mol. The van der Waals surface area contributed by atoms with Crippen LogP contribution < -0.4 is 10.6 Å². The van der Waals surface area contributed by atoms with E-state index >= 15 is 0 Å². The van der Waals surface area contributed by atoms with E-state index < -0.39 is 0 Å². The van der Waals surface area contributed by atoms with Crippen LogP contribution in [0.3, 0.4) is 0 Å². The normalized spacial score (nSPS) is 17.9. The summed E-state index contributed by atoms with van der Waals surface area (Å²) < 4.78 is 5.12. The molecule has 2 N–H and O–H groups in total. The highest BCUT2D eigenvalue weighted by molar-refractivity contribution is 5.85. The number of alkyl carbamates (subject to hydrolysis) is 1. The monoisotopic (exact) mass is 270 g/mol. The van der Waals surface area contributed by atoms with E-state index in [2.05, 4.69) is 10.6 Å². The molecule has 1 fully saturated rings. The molecule has 0 bridgehead atoms. The average molecular weight is 271 g/mol. The van der Waals surface area contributed by atoms with Crippen molar-refractivity contribution in [3.8, 4) is 0 Å². The summed E-state index contributed by atoms with van der Waals surface area (Å²) in [6.07, 6.45) is 0.791. The fourth-order valence-electron chi connectivity index (χ4n) is 1.89. The summed E-state index contributed by atoms with van der Waals surface area (Å²) in [6, 6.07) is 9.68. The zero-order chi connectivity index (χ0) is 11.9. The molecule has 18 heavy (non-hydrogen) atoms. The quantitative estimate of drug-likeness (QED) is 0.879. The number of amides is 1. The van der Waals surface area contributed by atoms with Crippen molar-refractivity contribution in [2.75, 3.05) is 19.6 Å². The van der Waals surface area contributed by atoms with Gasteiger partial charge < -0.3 is 15.4 Å². The van der Waals surface area contributed by atoms with Crippen LogP contribution in [0.1, 0.15) is 12.0 Å². The molecule has 1 unspecified atom stereocenters. The summed E-state index contributed by atoms with van der Waals surface area (Å²) in [4.78, 5) is 11.4. The lowest BCUT2D eigenvalue weighted by Crippen LogP contribution is -2.30. The maximum atomic E-state index is 11.4. The second-order valence-electron chi connectivity index (χ2n) is 4.30. The van der Waals surface area contributed by atoms with Crippen molar-refractivity contribution < 1.29 is 9.53 Å². The molecule has 1 aromatic carbocycles. The molecule has 0 aliphatic carbocycles. The summed E-state index contributed by atoms with van der Waals surface area (Å²) in [5, 5.41) is 6.06. The maximum Gasteiger partial charge on any atom is 0.407 e. The van der Waals surface area contributed by atoms with Gasteiger partial charge in [0.2, 0.25) is 0 Å². The average Bonchev–Trinajstić information content (AvgIpc) is 2.88. The summed E-state index contributed by atoms with van der Waals surface area (Å²) in [5.74, 6) is 0.541. The Hall–Kier alpha value is -1.26. The first-order chi connectivity index (χ1) is 8.34. The summed E-state index contributed by atoms with van der Waals surface area (Å²) in [7, 11) is 0. The first kappa shape index (κ1) is 14.8. The first-order valence-electron chi connectivity index (χ1n) is 6.00. The van der Waals surface area contributed by atoms with Crippen LogP contribution in [-0.2, 0) is 11.3 Å². The van der Waals surface area contributed by atoms with Crippen molar-refractivity contribution in [2.45, 2.75) is 13.0 Å².